The molecule has 7 heteroatoms. The van der Waals surface area contributed by atoms with Gasteiger partial charge in [0.1, 0.15) is 15.6 Å². The lowest BCUT2D eigenvalue weighted by atomic mass is 10.2. The van der Waals surface area contributed by atoms with E-state index in [1.54, 1.807) is 7.05 Å². The maximum Gasteiger partial charge on any atom is 0.191 e. The summed E-state index contributed by atoms with van der Waals surface area (Å²) in [6, 6.07) is 8.01. The Morgan fingerprint density at radius 3 is 2.72 bits per heavy atom. The van der Waals surface area contributed by atoms with Gasteiger partial charge in [-0.3, -0.25) is 4.99 Å². The normalized spacial score (nSPS) is 16.4. The second-order valence-electron chi connectivity index (χ2n) is 6.75. The number of hydrogen-bond acceptors (Lipinski definition) is 4. The van der Waals surface area contributed by atoms with Crippen LogP contribution in [0.2, 0.25) is 0 Å². The van der Waals surface area contributed by atoms with Crippen LogP contribution in [0.1, 0.15) is 31.7 Å². The molecule has 25 heavy (non-hydrogen) atoms. The van der Waals surface area contributed by atoms with Gasteiger partial charge in [0, 0.05) is 31.5 Å². The lowest BCUT2D eigenvalue weighted by Crippen LogP contribution is -2.42. The van der Waals surface area contributed by atoms with Crippen molar-refractivity contribution in [1.82, 2.24) is 10.6 Å². The van der Waals surface area contributed by atoms with E-state index in [1.807, 2.05) is 31.2 Å². The van der Waals surface area contributed by atoms with Crippen LogP contribution in [0.4, 0.5) is 0 Å². The molecule has 1 fully saturated rings. The quantitative estimate of drug-likeness (QED) is 0.515. The van der Waals surface area contributed by atoms with Crippen LogP contribution in [0.15, 0.2) is 29.3 Å². The van der Waals surface area contributed by atoms with Crippen molar-refractivity contribution < 1.29 is 13.2 Å². The molecule has 6 nitrogen and oxygen atoms in total. The zero-order chi connectivity index (χ0) is 18.3. The van der Waals surface area contributed by atoms with Gasteiger partial charge >= 0.3 is 0 Å². The Morgan fingerprint density at radius 1 is 1.36 bits per heavy atom. The molecular weight excluding hydrogens is 338 g/mol. The van der Waals surface area contributed by atoms with Crippen molar-refractivity contribution in [3.8, 4) is 5.75 Å². The minimum absolute atomic E-state index is 0.0160. The molecule has 0 heterocycles. The Balaban J connectivity index is 1.83. The van der Waals surface area contributed by atoms with E-state index in [9.17, 15) is 8.42 Å². The fourth-order valence-corrected chi connectivity index (χ4v) is 3.13. The van der Waals surface area contributed by atoms with E-state index >= 15 is 0 Å². The van der Waals surface area contributed by atoms with Gasteiger partial charge in [0.2, 0.25) is 0 Å². The molecule has 0 spiro atoms. The second-order valence-corrected chi connectivity index (χ2v) is 9.01. The number of para-hydroxylation sites is 1. The number of nitrogens with zero attached hydrogens (tertiary/aromatic N) is 1. The number of ether oxygens (including phenoxy) is 1. The van der Waals surface area contributed by atoms with Gasteiger partial charge in [0.05, 0.1) is 12.4 Å². The SMILES string of the molecule is CN=C(NCc1ccccc1OCC1CC1)NC(C)CCS(C)(=O)=O. The third-order valence-corrected chi connectivity index (χ3v) is 5.10. The van der Waals surface area contributed by atoms with Crippen LogP contribution in [0.5, 0.6) is 5.75 Å². The van der Waals surface area contributed by atoms with Crippen molar-refractivity contribution in [1.29, 1.82) is 0 Å². The van der Waals surface area contributed by atoms with Crippen LogP contribution in [0, 0.1) is 5.92 Å². The first-order chi connectivity index (χ1) is 11.9. The molecule has 1 aromatic rings. The minimum atomic E-state index is -2.95. The number of aliphatic imine (C=N–C) groups is 1. The summed E-state index contributed by atoms with van der Waals surface area (Å²) in [6.07, 6.45) is 4.33. The molecule has 0 radical (unpaired) electrons. The third kappa shape index (κ3) is 7.77. The number of rotatable bonds is 9. The monoisotopic (exact) mass is 367 g/mol. The molecule has 1 atom stereocenters. The van der Waals surface area contributed by atoms with Crippen molar-refractivity contribution in [3.63, 3.8) is 0 Å². The Hall–Kier alpha value is -1.76. The van der Waals surface area contributed by atoms with Gasteiger partial charge in [0.25, 0.3) is 0 Å². The van der Waals surface area contributed by atoms with Crippen molar-refractivity contribution in [2.75, 3.05) is 25.7 Å². The predicted octanol–water partition coefficient (Wildman–Crippen LogP) is 1.96. The summed E-state index contributed by atoms with van der Waals surface area (Å²) in [5.74, 6) is 2.43. The molecule has 0 amide bonds. The molecule has 1 aliphatic rings. The second kappa shape index (κ2) is 9.08. The predicted molar refractivity (Wildman–Crippen MR) is 102 cm³/mol. The fraction of sp³-hybridized carbons (Fsp3) is 0.611. The van der Waals surface area contributed by atoms with E-state index in [1.165, 1.54) is 19.1 Å². The zero-order valence-corrected chi connectivity index (χ0v) is 16.1. The molecular formula is C18H29N3O3S. The van der Waals surface area contributed by atoms with Gasteiger partial charge in [-0.2, -0.15) is 0 Å². The van der Waals surface area contributed by atoms with Crippen LogP contribution in [0.25, 0.3) is 0 Å². The third-order valence-electron chi connectivity index (χ3n) is 4.12. The fourth-order valence-electron chi connectivity index (χ4n) is 2.35. The molecule has 0 bridgehead atoms. The molecule has 0 saturated heterocycles. The van der Waals surface area contributed by atoms with E-state index in [0.717, 1.165) is 17.9 Å². The average Bonchev–Trinajstić information content (AvgIpc) is 3.39. The summed E-state index contributed by atoms with van der Waals surface area (Å²) < 4.78 is 28.4. The van der Waals surface area contributed by atoms with Gasteiger partial charge < -0.3 is 15.4 Å². The molecule has 2 N–H and O–H groups in total. The summed E-state index contributed by atoms with van der Waals surface area (Å²) in [4.78, 5) is 4.21. The van der Waals surface area contributed by atoms with E-state index in [4.69, 9.17) is 4.74 Å². The minimum Gasteiger partial charge on any atom is -0.493 e. The van der Waals surface area contributed by atoms with Crippen LogP contribution < -0.4 is 15.4 Å². The highest BCUT2D eigenvalue weighted by Crippen LogP contribution is 2.30. The number of guanidine groups is 1. The van der Waals surface area contributed by atoms with Crippen molar-refractivity contribution >= 4 is 15.8 Å². The van der Waals surface area contributed by atoms with Crippen LogP contribution in [-0.2, 0) is 16.4 Å². The smallest absolute Gasteiger partial charge is 0.191 e. The van der Waals surface area contributed by atoms with Crippen LogP contribution >= 0.6 is 0 Å². The zero-order valence-electron chi connectivity index (χ0n) is 15.3. The van der Waals surface area contributed by atoms with Gasteiger partial charge in [-0.15, -0.1) is 0 Å². The highest BCUT2D eigenvalue weighted by molar-refractivity contribution is 7.90. The highest BCUT2D eigenvalue weighted by Gasteiger charge is 2.22. The first-order valence-corrected chi connectivity index (χ1v) is 10.8. The van der Waals surface area contributed by atoms with E-state index in [2.05, 4.69) is 15.6 Å². The Morgan fingerprint density at radius 2 is 2.08 bits per heavy atom. The Bertz CT molecular complexity index is 685. The first kappa shape index (κ1) is 19.6. The van der Waals surface area contributed by atoms with E-state index in [0.29, 0.717) is 24.8 Å². The molecule has 1 saturated carbocycles. The molecule has 140 valence electrons. The Labute approximate surface area is 151 Å². The Kier molecular flexibility index (Phi) is 7.11. The average molecular weight is 368 g/mol. The van der Waals surface area contributed by atoms with Gasteiger partial charge in [-0.1, -0.05) is 18.2 Å². The van der Waals surface area contributed by atoms with E-state index < -0.39 is 9.84 Å². The largest absolute Gasteiger partial charge is 0.493 e. The summed E-state index contributed by atoms with van der Waals surface area (Å²) in [6.45, 7) is 3.33. The maximum atomic E-state index is 11.3. The molecule has 1 unspecified atom stereocenters. The van der Waals surface area contributed by atoms with Gasteiger partial charge in [0.15, 0.2) is 5.96 Å². The summed E-state index contributed by atoms with van der Waals surface area (Å²) in [5.41, 5.74) is 1.08. The molecule has 0 aliphatic heterocycles. The molecule has 1 aromatic carbocycles. The summed E-state index contributed by atoms with van der Waals surface area (Å²) in [5, 5.41) is 6.49. The van der Waals surface area contributed by atoms with Gasteiger partial charge in [-0.25, -0.2) is 8.42 Å². The molecule has 2 rings (SSSR count). The lowest BCUT2D eigenvalue weighted by Gasteiger charge is -2.18. The first-order valence-electron chi connectivity index (χ1n) is 8.73. The lowest BCUT2D eigenvalue weighted by molar-refractivity contribution is 0.296. The van der Waals surface area contributed by atoms with Crippen molar-refractivity contribution in [2.45, 2.75) is 38.8 Å². The highest BCUT2D eigenvalue weighted by atomic mass is 32.2. The number of nitrogens with one attached hydrogen (secondary N) is 2. The van der Waals surface area contributed by atoms with Gasteiger partial charge in [-0.05, 0) is 38.2 Å². The number of benzene rings is 1. The van der Waals surface area contributed by atoms with Crippen molar-refractivity contribution in [3.05, 3.63) is 29.8 Å². The van der Waals surface area contributed by atoms with Crippen LogP contribution in [-0.4, -0.2) is 46.1 Å². The molecule has 0 aromatic heterocycles. The van der Waals surface area contributed by atoms with Crippen LogP contribution in [0.3, 0.4) is 0 Å². The molecule has 1 aliphatic carbocycles. The maximum absolute atomic E-state index is 11.3. The number of hydrogen-bond donors (Lipinski definition) is 2. The standard InChI is InChI=1S/C18H29N3O3S/c1-14(10-11-25(3,22)23)21-18(19-2)20-12-16-6-4-5-7-17(16)24-13-15-8-9-15/h4-7,14-15H,8-13H2,1-3H3,(H2,19,20,21). The van der Waals surface area contributed by atoms with Crippen molar-refractivity contribution in [2.24, 2.45) is 10.9 Å². The van der Waals surface area contributed by atoms with E-state index in [-0.39, 0.29) is 11.8 Å². The summed E-state index contributed by atoms with van der Waals surface area (Å²) >= 11 is 0. The number of sulfone groups is 1. The topological polar surface area (TPSA) is 79.8 Å². The summed E-state index contributed by atoms with van der Waals surface area (Å²) in [7, 11) is -1.25.